The van der Waals surface area contributed by atoms with Gasteiger partial charge in [-0.2, -0.15) is 0 Å². The first kappa shape index (κ1) is 12.8. The average Bonchev–Trinajstić information content (AvgIpc) is 2.91. The monoisotopic (exact) mass is 311 g/mol. The Morgan fingerprint density at radius 1 is 1.35 bits per heavy atom. The lowest BCUT2D eigenvalue weighted by molar-refractivity contribution is -0.0439. The van der Waals surface area contributed by atoms with Crippen LogP contribution in [0.5, 0.6) is 0 Å². The molecule has 0 radical (unpaired) electrons. The molecule has 2 aromatic heterocycles. The average molecular weight is 311 g/mol. The molecule has 3 aromatic rings. The van der Waals surface area contributed by atoms with E-state index in [1.165, 1.54) is 12.1 Å². The fourth-order valence-corrected chi connectivity index (χ4v) is 3.81. The minimum atomic E-state index is -0.590. The highest BCUT2D eigenvalue weighted by Gasteiger charge is 2.57. The lowest BCUT2D eigenvalue weighted by Gasteiger charge is -2.61. The van der Waals surface area contributed by atoms with Crippen molar-refractivity contribution in [1.29, 1.82) is 0 Å². The Morgan fingerprint density at radius 3 is 2.83 bits per heavy atom. The van der Waals surface area contributed by atoms with Crippen molar-refractivity contribution < 1.29 is 9.18 Å². The zero-order valence-corrected chi connectivity index (χ0v) is 12.2. The maximum Gasteiger partial charge on any atom is 0.254 e. The summed E-state index contributed by atoms with van der Waals surface area (Å²) < 4.78 is 16.1. The SMILES string of the molecule is Nc1nc2cc(F)c(C(=O)NC34CC(C3)C4)cc2n2cncc12. The lowest BCUT2D eigenvalue weighted by atomic mass is 9.50. The summed E-state index contributed by atoms with van der Waals surface area (Å²) in [5.41, 5.74) is 7.43. The van der Waals surface area contributed by atoms with Crippen molar-refractivity contribution >= 4 is 28.3 Å². The predicted molar refractivity (Wildman–Crippen MR) is 82.4 cm³/mol. The van der Waals surface area contributed by atoms with Gasteiger partial charge in [-0.15, -0.1) is 0 Å². The Bertz CT molecular complexity index is 978. The van der Waals surface area contributed by atoms with Gasteiger partial charge in [-0.25, -0.2) is 14.4 Å². The summed E-state index contributed by atoms with van der Waals surface area (Å²) in [5, 5.41) is 2.98. The maximum absolute atomic E-state index is 14.4. The van der Waals surface area contributed by atoms with Gasteiger partial charge in [0.2, 0.25) is 0 Å². The first-order valence-electron chi connectivity index (χ1n) is 7.58. The van der Waals surface area contributed by atoms with Gasteiger partial charge in [0.25, 0.3) is 5.91 Å². The summed E-state index contributed by atoms with van der Waals surface area (Å²) in [4.78, 5) is 20.7. The van der Waals surface area contributed by atoms with Crippen molar-refractivity contribution in [3.05, 3.63) is 36.0 Å². The van der Waals surface area contributed by atoms with Crippen LogP contribution in [0.25, 0.3) is 16.6 Å². The van der Waals surface area contributed by atoms with Gasteiger partial charge in [0.1, 0.15) is 17.2 Å². The molecule has 2 heterocycles. The maximum atomic E-state index is 14.4. The molecular weight excluding hydrogens is 297 g/mol. The zero-order chi connectivity index (χ0) is 15.8. The Hall–Kier alpha value is -2.70. The van der Waals surface area contributed by atoms with Crippen LogP contribution in [0.15, 0.2) is 24.7 Å². The van der Waals surface area contributed by atoms with Crippen molar-refractivity contribution in [3.8, 4) is 0 Å². The number of anilines is 1. The lowest BCUT2D eigenvalue weighted by Crippen LogP contribution is -2.68. The van der Waals surface area contributed by atoms with Crippen LogP contribution >= 0.6 is 0 Å². The van der Waals surface area contributed by atoms with Gasteiger partial charge in [-0.05, 0) is 31.2 Å². The Labute approximate surface area is 130 Å². The van der Waals surface area contributed by atoms with Crippen molar-refractivity contribution in [2.24, 2.45) is 5.92 Å². The van der Waals surface area contributed by atoms with Gasteiger partial charge in [0, 0.05) is 11.6 Å². The van der Waals surface area contributed by atoms with Crippen LogP contribution in [0.2, 0.25) is 0 Å². The highest BCUT2D eigenvalue weighted by atomic mass is 19.1. The summed E-state index contributed by atoms with van der Waals surface area (Å²) >= 11 is 0. The number of nitrogens with one attached hydrogen (secondary N) is 1. The molecule has 3 N–H and O–H groups in total. The topological polar surface area (TPSA) is 85.3 Å². The summed E-state index contributed by atoms with van der Waals surface area (Å²) in [6, 6.07) is 2.77. The van der Waals surface area contributed by atoms with Crippen LogP contribution in [0, 0.1) is 11.7 Å². The number of fused-ring (bicyclic) bond motifs is 3. The highest BCUT2D eigenvalue weighted by molar-refractivity contribution is 5.99. The summed E-state index contributed by atoms with van der Waals surface area (Å²) in [7, 11) is 0. The first-order chi connectivity index (χ1) is 11.0. The second-order valence-electron chi connectivity index (χ2n) is 6.68. The molecule has 0 spiro atoms. The summed E-state index contributed by atoms with van der Waals surface area (Å²) in [6.07, 6.45) is 6.20. The van der Waals surface area contributed by atoms with E-state index in [2.05, 4.69) is 15.3 Å². The van der Waals surface area contributed by atoms with E-state index in [1.54, 1.807) is 16.9 Å². The second-order valence-corrected chi connectivity index (χ2v) is 6.68. The van der Waals surface area contributed by atoms with Gasteiger partial charge in [0.15, 0.2) is 0 Å². The number of hydrogen-bond acceptors (Lipinski definition) is 4. The molecule has 7 heteroatoms. The minimum absolute atomic E-state index is 0.0313. The van der Waals surface area contributed by atoms with Gasteiger partial charge >= 0.3 is 0 Å². The number of nitrogens with zero attached hydrogens (tertiary/aromatic N) is 3. The fraction of sp³-hybridized carbons (Fsp3) is 0.312. The smallest absolute Gasteiger partial charge is 0.254 e. The van der Waals surface area contributed by atoms with E-state index in [4.69, 9.17) is 5.73 Å². The summed E-state index contributed by atoms with van der Waals surface area (Å²) in [5.74, 6) is 0.0653. The number of benzene rings is 1. The second kappa shape index (κ2) is 3.98. The number of carbonyl (C=O) groups is 1. The van der Waals surface area contributed by atoms with Crippen LogP contribution in [-0.4, -0.2) is 25.8 Å². The molecule has 3 fully saturated rings. The number of amides is 1. The van der Waals surface area contributed by atoms with Crippen LogP contribution < -0.4 is 11.1 Å². The van der Waals surface area contributed by atoms with Crippen molar-refractivity contribution in [2.75, 3.05) is 5.73 Å². The molecule has 6 nitrogen and oxygen atoms in total. The number of imidazole rings is 1. The molecule has 6 rings (SSSR count). The molecule has 3 saturated carbocycles. The molecule has 3 aliphatic rings. The zero-order valence-electron chi connectivity index (χ0n) is 12.2. The third-order valence-electron chi connectivity index (χ3n) is 5.13. The van der Waals surface area contributed by atoms with Crippen molar-refractivity contribution in [1.82, 2.24) is 19.7 Å². The molecule has 1 amide bonds. The number of carbonyl (C=O) groups excluding carboxylic acids is 1. The Morgan fingerprint density at radius 2 is 2.13 bits per heavy atom. The molecule has 0 aliphatic heterocycles. The first-order valence-corrected chi connectivity index (χ1v) is 7.58. The third-order valence-corrected chi connectivity index (χ3v) is 5.13. The van der Waals surface area contributed by atoms with Crippen LogP contribution in [0.3, 0.4) is 0 Å². The molecule has 0 atom stereocenters. The largest absolute Gasteiger partial charge is 0.382 e. The number of nitrogen functional groups attached to an aromatic ring is 1. The number of halogens is 1. The molecule has 0 unspecified atom stereocenters. The van der Waals surface area contributed by atoms with Gasteiger partial charge < -0.3 is 11.1 Å². The van der Waals surface area contributed by atoms with E-state index in [-0.39, 0.29) is 22.8 Å². The highest BCUT2D eigenvalue weighted by Crippen LogP contribution is 2.57. The van der Waals surface area contributed by atoms with E-state index in [0.717, 1.165) is 25.2 Å². The molecule has 116 valence electrons. The van der Waals surface area contributed by atoms with Gasteiger partial charge in [-0.3, -0.25) is 9.20 Å². The van der Waals surface area contributed by atoms with Crippen LogP contribution in [-0.2, 0) is 0 Å². The van der Waals surface area contributed by atoms with Crippen molar-refractivity contribution in [2.45, 2.75) is 24.8 Å². The van der Waals surface area contributed by atoms with E-state index in [1.807, 2.05) is 0 Å². The van der Waals surface area contributed by atoms with E-state index in [9.17, 15) is 9.18 Å². The van der Waals surface area contributed by atoms with Gasteiger partial charge in [-0.1, -0.05) is 0 Å². The number of hydrogen-bond donors (Lipinski definition) is 2. The predicted octanol–water partition coefficient (Wildman–Crippen LogP) is 1.89. The Kier molecular flexibility index (Phi) is 2.22. The molecule has 0 saturated heterocycles. The molecule has 1 aromatic carbocycles. The molecule has 2 bridgehead atoms. The minimum Gasteiger partial charge on any atom is -0.382 e. The quantitative estimate of drug-likeness (QED) is 0.757. The van der Waals surface area contributed by atoms with E-state index in [0.29, 0.717) is 16.6 Å². The number of aromatic nitrogens is 3. The molecule has 3 aliphatic carbocycles. The summed E-state index contributed by atoms with van der Waals surface area (Å²) in [6.45, 7) is 0. The van der Waals surface area contributed by atoms with Crippen LogP contribution in [0.1, 0.15) is 29.6 Å². The van der Waals surface area contributed by atoms with Crippen molar-refractivity contribution in [3.63, 3.8) is 0 Å². The third kappa shape index (κ3) is 1.64. The van der Waals surface area contributed by atoms with E-state index < -0.39 is 5.82 Å². The normalized spacial score (nSPS) is 25.2. The van der Waals surface area contributed by atoms with E-state index >= 15 is 0 Å². The fourth-order valence-electron chi connectivity index (χ4n) is 3.81. The number of rotatable bonds is 2. The standard InChI is InChI=1S/C16H14FN5O/c17-10-2-11-12(22-7-19-6-13(22)14(18)20-11)1-9(10)15(23)21-16-3-8(4-16)5-16/h1-2,6-8H,3-5H2,(H2,18,20)(H,21,23). The molecule has 23 heavy (non-hydrogen) atoms. The van der Waals surface area contributed by atoms with Crippen LogP contribution in [0.4, 0.5) is 10.2 Å². The Balaban J connectivity index is 1.64. The number of nitrogens with two attached hydrogens (primary N) is 1. The van der Waals surface area contributed by atoms with Gasteiger partial charge in [0.05, 0.1) is 29.1 Å². The molecular formula is C16H14FN5O.